The zero-order valence-corrected chi connectivity index (χ0v) is 11.9. The Kier molecular flexibility index (Phi) is 4.06. The molecule has 0 radical (unpaired) electrons. The van der Waals surface area contributed by atoms with Crippen molar-refractivity contribution in [1.82, 2.24) is 0 Å². The van der Waals surface area contributed by atoms with Crippen molar-refractivity contribution < 1.29 is 0 Å². The van der Waals surface area contributed by atoms with E-state index in [4.69, 9.17) is 16.9 Å². The van der Waals surface area contributed by atoms with Gasteiger partial charge in [0, 0.05) is 9.35 Å². The highest BCUT2D eigenvalue weighted by Crippen LogP contribution is 2.26. The molecule has 0 aliphatic rings. The molecule has 86 valence electrons. The van der Waals surface area contributed by atoms with Gasteiger partial charge >= 0.3 is 0 Å². The maximum Gasteiger partial charge on any atom is 0.103 e. The van der Waals surface area contributed by atoms with Crippen LogP contribution in [-0.2, 0) is 6.54 Å². The summed E-state index contributed by atoms with van der Waals surface area (Å²) < 4.78 is 1.08. The van der Waals surface area contributed by atoms with Crippen molar-refractivity contribution in [2.24, 2.45) is 0 Å². The predicted molar refractivity (Wildman–Crippen MR) is 75.5 cm³/mol. The van der Waals surface area contributed by atoms with Crippen LogP contribution in [0.1, 0.15) is 10.4 Å². The second-order valence-corrected chi connectivity index (χ2v) is 5.58. The molecule has 2 nitrogen and oxygen atoms in total. The average Bonchev–Trinajstić information content (AvgIpc) is 2.72. The number of benzene rings is 1. The van der Waals surface area contributed by atoms with Crippen LogP contribution in [0.25, 0.3) is 0 Å². The molecule has 1 aromatic heterocycles. The lowest BCUT2D eigenvalue weighted by atomic mass is 10.2. The van der Waals surface area contributed by atoms with Gasteiger partial charge in [-0.2, -0.15) is 5.26 Å². The number of nitrogens with one attached hydrogen (secondary N) is 1. The largest absolute Gasteiger partial charge is 0.379 e. The number of hydrogen-bond acceptors (Lipinski definition) is 3. The maximum absolute atomic E-state index is 9.03. The Morgan fingerprint density at radius 2 is 2.24 bits per heavy atom. The molecular formula is C12H8BrClN2S. The normalized spacial score (nSPS) is 9.94. The Hall–Kier alpha value is -1.02. The molecule has 0 aliphatic heterocycles. The van der Waals surface area contributed by atoms with Gasteiger partial charge in [0.05, 0.1) is 22.8 Å². The molecule has 17 heavy (non-hydrogen) atoms. The second-order valence-electron chi connectivity index (χ2n) is 3.32. The molecule has 1 heterocycles. The number of nitrogens with zero attached hydrogens (tertiary/aromatic N) is 1. The third kappa shape index (κ3) is 2.81. The third-order valence-electron chi connectivity index (χ3n) is 2.26. The summed E-state index contributed by atoms with van der Waals surface area (Å²) in [6.07, 6.45) is 0. The van der Waals surface area contributed by atoms with Crippen molar-refractivity contribution in [2.75, 3.05) is 5.32 Å². The van der Waals surface area contributed by atoms with Gasteiger partial charge in [0.1, 0.15) is 6.07 Å². The van der Waals surface area contributed by atoms with E-state index in [0.717, 1.165) is 10.2 Å². The van der Waals surface area contributed by atoms with E-state index in [9.17, 15) is 0 Å². The van der Waals surface area contributed by atoms with Crippen LogP contribution in [0.3, 0.4) is 0 Å². The van der Waals surface area contributed by atoms with E-state index in [1.807, 2.05) is 23.6 Å². The first kappa shape index (κ1) is 12.4. The number of thiophene rings is 1. The summed E-state index contributed by atoms with van der Waals surface area (Å²) in [7, 11) is 0. The van der Waals surface area contributed by atoms with Crippen molar-refractivity contribution in [2.45, 2.75) is 6.54 Å². The van der Waals surface area contributed by atoms with Gasteiger partial charge in [-0.1, -0.05) is 17.7 Å². The van der Waals surface area contributed by atoms with Crippen molar-refractivity contribution in [3.8, 4) is 6.07 Å². The lowest BCUT2D eigenvalue weighted by Gasteiger charge is -2.08. The first-order valence-electron chi connectivity index (χ1n) is 4.86. The number of nitriles is 1. The van der Waals surface area contributed by atoms with Crippen LogP contribution >= 0.6 is 38.9 Å². The van der Waals surface area contributed by atoms with E-state index < -0.39 is 0 Å². The Bertz CT molecular complexity index is 574. The molecule has 0 amide bonds. The van der Waals surface area contributed by atoms with Crippen LogP contribution in [0, 0.1) is 11.3 Å². The SMILES string of the molecule is N#Cc1c(Cl)cccc1NCc1sccc1Br. The molecule has 0 fully saturated rings. The van der Waals surface area contributed by atoms with Crippen LogP contribution in [0.15, 0.2) is 34.1 Å². The number of hydrogen-bond donors (Lipinski definition) is 1. The van der Waals surface area contributed by atoms with Gasteiger partial charge in [-0.15, -0.1) is 11.3 Å². The fraction of sp³-hybridized carbons (Fsp3) is 0.0833. The lowest BCUT2D eigenvalue weighted by molar-refractivity contribution is 1.18. The highest BCUT2D eigenvalue weighted by atomic mass is 79.9. The number of rotatable bonds is 3. The summed E-state index contributed by atoms with van der Waals surface area (Å²) in [5.74, 6) is 0. The standard InChI is InChI=1S/C12H8BrClN2S/c13-9-4-5-17-12(9)7-16-11-3-1-2-10(14)8(11)6-15/h1-5,16H,7H2. The van der Waals surface area contributed by atoms with E-state index in [2.05, 4.69) is 27.3 Å². The summed E-state index contributed by atoms with van der Waals surface area (Å²) in [6.45, 7) is 0.674. The Morgan fingerprint density at radius 1 is 1.41 bits per heavy atom. The first-order valence-corrected chi connectivity index (χ1v) is 6.92. The predicted octanol–water partition coefficient (Wildman–Crippen LogP) is 4.65. The molecule has 0 saturated heterocycles. The van der Waals surface area contributed by atoms with E-state index in [-0.39, 0.29) is 0 Å². The van der Waals surface area contributed by atoms with E-state index in [1.54, 1.807) is 17.4 Å². The molecule has 1 N–H and O–H groups in total. The van der Waals surface area contributed by atoms with Crippen LogP contribution < -0.4 is 5.32 Å². The molecule has 2 rings (SSSR count). The van der Waals surface area contributed by atoms with Crippen molar-refractivity contribution in [3.63, 3.8) is 0 Å². The summed E-state index contributed by atoms with van der Waals surface area (Å²) >= 11 is 11.1. The van der Waals surface area contributed by atoms with Crippen molar-refractivity contribution >= 4 is 44.6 Å². The quantitative estimate of drug-likeness (QED) is 0.891. The van der Waals surface area contributed by atoms with Crippen LogP contribution in [0.4, 0.5) is 5.69 Å². The molecule has 0 bridgehead atoms. The molecule has 5 heteroatoms. The summed E-state index contributed by atoms with van der Waals surface area (Å²) in [5, 5.41) is 14.7. The van der Waals surface area contributed by atoms with Crippen molar-refractivity contribution in [3.05, 3.63) is 49.6 Å². The number of anilines is 1. The van der Waals surface area contributed by atoms with Gasteiger partial charge in [0.25, 0.3) is 0 Å². The Labute approximate surface area is 117 Å². The van der Waals surface area contributed by atoms with Crippen LogP contribution in [-0.4, -0.2) is 0 Å². The molecule has 0 aliphatic carbocycles. The third-order valence-corrected chi connectivity index (χ3v) is 4.50. The molecule has 0 spiro atoms. The highest BCUT2D eigenvalue weighted by molar-refractivity contribution is 9.10. The zero-order chi connectivity index (χ0) is 12.3. The molecule has 0 atom stereocenters. The smallest absolute Gasteiger partial charge is 0.103 e. The minimum absolute atomic E-state index is 0.475. The first-order chi connectivity index (χ1) is 8.22. The van der Waals surface area contributed by atoms with Gasteiger partial charge in [-0.25, -0.2) is 0 Å². The summed E-state index contributed by atoms with van der Waals surface area (Å²) in [6, 6.07) is 9.51. The Morgan fingerprint density at radius 3 is 2.88 bits per heavy atom. The van der Waals surface area contributed by atoms with Gasteiger partial charge in [-0.3, -0.25) is 0 Å². The minimum Gasteiger partial charge on any atom is -0.379 e. The molecule has 0 saturated carbocycles. The number of halogens is 2. The Balaban J connectivity index is 2.18. The van der Waals surface area contributed by atoms with Crippen LogP contribution in [0.5, 0.6) is 0 Å². The van der Waals surface area contributed by atoms with E-state index in [0.29, 0.717) is 17.1 Å². The fourth-order valence-corrected chi connectivity index (χ4v) is 3.06. The topological polar surface area (TPSA) is 35.8 Å². The monoisotopic (exact) mass is 326 g/mol. The van der Waals surface area contributed by atoms with Gasteiger partial charge in [-0.05, 0) is 39.5 Å². The highest BCUT2D eigenvalue weighted by Gasteiger charge is 2.07. The zero-order valence-electron chi connectivity index (χ0n) is 8.71. The van der Waals surface area contributed by atoms with E-state index in [1.165, 1.54) is 4.88 Å². The molecule has 2 aromatic rings. The average molecular weight is 328 g/mol. The van der Waals surface area contributed by atoms with Gasteiger partial charge in [0.15, 0.2) is 0 Å². The van der Waals surface area contributed by atoms with Crippen molar-refractivity contribution in [1.29, 1.82) is 5.26 Å². The van der Waals surface area contributed by atoms with Gasteiger partial charge in [0.2, 0.25) is 0 Å². The minimum atomic E-state index is 0.475. The summed E-state index contributed by atoms with van der Waals surface area (Å²) in [4.78, 5) is 1.19. The van der Waals surface area contributed by atoms with Gasteiger partial charge < -0.3 is 5.32 Å². The summed E-state index contributed by atoms with van der Waals surface area (Å²) in [5.41, 5.74) is 1.25. The molecule has 1 aromatic carbocycles. The maximum atomic E-state index is 9.03. The second kappa shape index (κ2) is 5.54. The molecule has 0 unspecified atom stereocenters. The van der Waals surface area contributed by atoms with Crippen LogP contribution in [0.2, 0.25) is 5.02 Å². The lowest BCUT2D eigenvalue weighted by Crippen LogP contribution is -2.00. The molecular weight excluding hydrogens is 320 g/mol. The fourth-order valence-electron chi connectivity index (χ4n) is 1.41. The van der Waals surface area contributed by atoms with E-state index >= 15 is 0 Å².